The van der Waals surface area contributed by atoms with Gasteiger partial charge in [-0.15, -0.1) is 0 Å². The number of fused-ring (bicyclic) bond motifs is 1. The number of carbonyl (C=O) groups is 1. The van der Waals surface area contributed by atoms with Gasteiger partial charge in [0.2, 0.25) is 0 Å². The van der Waals surface area contributed by atoms with Crippen LogP contribution >= 0.6 is 0 Å². The number of methoxy groups -OCH3 is 1. The van der Waals surface area contributed by atoms with Crippen molar-refractivity contribution in [1.29, 1.82) is 0 Å². The van der Waals surface area contributed by atoms with E-state index in [9.17, 15) is 4.79 Å². The molecule has 1 heterocycles. The molecule has 1 aromatic heterocycles. The van der Waals surface area contributed by atoms with Gasteiger partial charge in [0.1, 0.15) is 5.75 Å². The SMILES string of the molecule is COc1cc(CNC(=O)c2cc(C)nc3ccc(C)cc23)ccc1C. The van der Waals surface area contributed by atoms with Gasteiger partial charge in [-0.2, -0.15) is 0 Å². The molecule has 0 saturated carbocycles. The maximum atomic E-state index is 12.7. The highest BCUT2D eigenvalue weighted by Crippen LogP contribution is 2.21. The van der Waals surface area contributed by atoms with Gasteiger partial charge in [0, 0.05) is 17.6 Å². The van der Waals surface area contributed by atoms with Crippen LogP contribution < -0.4 is 10.1 Å². The summed E-state index contributed by atoms with van der Waals surface area (Å²) in [7, 11) is 1.65. The molecule has 0 bridgehead atoms. The Labute approximate surface area is 147 Å². The number of ether oxygens (including phenoxy) is 1. The quantitative estimate of drug-likeness (QED) is 0.781. The highest BCUT2D eigenvalue weighted by atomic mass is 16.5. The number of nitrogens with one attached hydrogen (secondary N) is 1. The van der Waals surface area contributed by atoms with Crippen LogP contribution in [0.3, 0.4) is 0 Å². The molecule has 3 aromatic rings. The summed E-state index contributed by atoms with van der Waals surface area (Å²) < 4.78 is 5.34. The van der Waals surface area contributed by atoms with Crippen LogP contribution in [0.25, 0.3) is 10.9 Å². The lowest BCUT2D eigenvalue weighted by molar-refractivity contribution is 0.0952. The molecule has 4 heteroatoms. The van der Waals surface area contributed by atoms with Crippen molar-refractivity contribution in [3.8, 4) is 5.75 Å². The minimum atomic E-state index is -0.0966. The minimum absolute atomic E-state index is 0.0966. The molecule has 0 saturated heterocycles. The molecule has 0 unspecified atom stereocenters. The Morgan fingerprint density at radius 2 is 1.88 bits per heavy atom. The molecule has 128 valence electrons. The molecule has 0 atom stereocenters. The third kappa shape index (κ3) is 3.63. The van der Waals surface area contributed by atoms with E-state index in [0.717, 1.165) is 39.0 Å². The minimum Gasteiger partial charge on any atom is -0.496 e. The van der Waals surface area contributed by atoms with Crippen LogP contribution in [0.4, 0.5) is 0 Å². The molecule has 0 aliphatic rings. The van der Waals surface area contributed by atoms with Crippen molar-refractivity contribution in [2.24, 2.45) is 0 Å². The normalized spacial score (nSPS) is 10.7. The first-order valence-corrected chi connectivity index (χ1v) is 8.27. The Balaban J connectivity index is 1.86. The molecule has 0 spiro atoms. The molecule has 0 aliphatic heterocycles. The first kappa shape index (κ1) is 17.0. The fourth-order valence-corrected chi connectivity index (χ4v) is 2.91. The van der Waals surface area contributed by atoms with Crippen molar-refractivity contribution >= 4 is 16.8 Å². The molecule has 0 fully saturated rings. The maximum Gasteiger partial charge on any atom is 0.252 e. The Morgan fingerprint density at radius 3 is 2.64 bits per heavy atom. The Morgan fingerprint density at radius 1 is 1.08 bits per heavy atom. The Kier molecular flexibility index (Phi) is 4.70. The summed E-state index contributed by atoms with van der Waals surface area (Å²) in [6, 6.07) is 13.8. The van der Waals surface area contributed by atoms with Crippen molar-refractivity contribution in [3.05, 3.63) is 70.4 Å². The standard InChI is InChI=1S/C21H22N2O2/c1-13-5-8-19-17(9-13)18(10-15(3)23-19)21(24)22-12-16-7-6-14(2)20(11-16)25-4/h5-11H,12H2,1-4H3,(H,22,24). The third-order valence-corrected chi connectivity index (χ3v) is 4.26. The smallest absolute Gasteiger partial charge is 0.252 e. The molecule has 2 aromatic carbocycles. The van der Waals surface area contributed by atoms with Crippen LogP contribution in [0.1, 0.15) is 32.7 Å². The van der Waals surface area contributed by atoms with Gasteiger partial charge < -0.3 is 10.1 Å². The number of rotatable bonds is 4. The summed E-state index contributed by atoms with van der Waals surface area (Å²) in [5.74, 6) is 0.730. The first-order valence-electron chi connectivity index (χ1n) is 8.27. The second-order valence-electron chi connectivity index (χ2n) is 6.32. The van der Waals surface area contributed by atoms with E-state index in [2.05, 4.69) is 10.3 Å². The Bertz CT molecular complexity index is 948. The van der Waals surface area contributed by atoms with E-state index in [0.29, 0.717) is 12.1 Å². The topological polar surface area (TPSA) is 51.2 Å². The number of carbonyl (C=O) groups excluding carboxylic acids is 1. The Hall–Kier alpha value is -2.88. The molecule has 1 amide bonds. The summed E-state index contributed by atoms with van der Waals surface area (Å²) in [6.45, 7) is 6.36. The monoisotopic (exact) mass is 334 g/mol. The van der Waals surface area contributed by atoms with Crippen LogP contribution in [-0.4, -0.2) is 18.0 Å². The van der Waals surface area contributed by atoms with Crippen molar-refractivity contribution in [1.82, 2.24) is 10.3 Å². The van der Waals surface area contributed by atoms with Crippen LogP contribution in [0.5, 0.6) is 5.75 Å². The van der Waals surface area contributed by atoms with Gasteiger partial charge in [0.15, 0.2) is 0 Å². The van der Waals surface area contributed by atoms with Crippen molar-refractivity contribution in [2.45, 2.75) is 27.3 Å². The van der Waals surface area contributed by atoms with E-state index in [1.54, 1.807) is 7.11 Å². The van der Waals surface area contributed by atoms with Gasteiger partial charge >= 0.3 is 0 Å². The maximum absolute atomic E-state index is 12.7. The van der Waals surface area contributed by atoms with E-state index in [1.165, 1.54) is 0 Å². The van der Waals surface area contributed by atoms with Gasteiger partial charge in [-0.3, -0.25) is 9.78 Å². The van der Waals surface area contributed by atoms with E-state index in [1.807, 2.05) is 63.2 Å². The lowest BCUT2D eigenvalue weighted by Gasteiger charge is -2.11. The zero-order chi connectivity index (χ0) is 18.0. The number of amides is 1. The molecular formula is C21H22N2O2. The first-order chi connectivity index (χ1) is 12.0. The summed E-state index contributed by atoms with van der Waals surface area (Å²) in [5.41, 5.74) is 5.51. The highest BCUT2D eigenvalue weighted by Gasteiger charge is 2.12. The van der Waals surface area contributed by atoms with Gasteiger partial charge in [-0.25, -0.2) is 0 Å². The fourth-order valence-electron chi connectivity index (χ4n) is 2.91. The number of aryl methyl sites for hydroxylation is 3. The van der Waals surface area contributed by atoms with Gasteiger partial charge in [-0.05, 0) is 56.2 Å². The van der Waals surface area contributed by atoms with Crippen molar-refractivity contribution in [3.63, 3.8) is 0 Å². The highest BCUT2D eigenvalue weighted by molar-refractivity contribution is 6.06. The number of benzene rings is 2. The molecular weight excluding hydrogens is 312 g/mol. The van der Waals surface area contributed by atoms with Gasteiger partial charge in [0.05, 0.1) is 18.2 Å². The lowest BCUT2D eigenvalue weighted by atomic mass is 10.0. The van der Waals surface area contributed by atoms with E-state index >= 15 is 0 Å². The van der Waals surface area contributed by atoms with E-state index in [4.69, 9.17) is 4.74 Å². The van der Waals surface area contributed by atoms with E-state index < -0.39 is 0 Å². The zero-order valence-corrected chi connectivity index (χ0v) is 15.0. The van der Waals surface area contributed by atoms with Crippen LogP contribution in [0, 0.1) is 20.8 Å². The zero-order valence-electron chi connectivity index (χ0n) is 15.0. The van der Waals surface area contributed by atoms with Crippen molar-refractivity contribution in [2.75, 3.05) is 7.11 Å². The molecule has 25 heavy (non-hydrogen) atoms. The largest absolute Gasteiger partial charge is 0.496 e. The van der Waals surface area contributed by atoms with Gasteiger partial charge in [-0.1, -0.05) is 23.8 Å². The number of pyridine rings is 1. The van der Waals surface area contributed by atoms with Crippen molar-refractivity contribution < 1.29 is 9.53 Å². The summed E-state index contributed by atoms with van der Waals surface area (Å²) in [4.78, 5) is 17.3. The predicted molar refractivity (Wildman–Crippen MR) is 100 cm³/mol. The summed E-state index contributed by atoms with van der Waals surface area (Å²) >= 11 is 0. The average molecular weight is 334 g/mol. The number of hydrogen-bond donors (Lipinski definition) is 1. The second kappa shape index (κ2) is 6.93. The summed E-state index contributed by atoms with van der Waals surface area (Å²) in [5, 5.41) is 3.88. The predicted octanol–water partition coefficient (Wildman–Crippen LogP) is 4.10. The third-order valence-electron chi connectivity index (χ3n) is 4.26. The lowest BCUT2D eigenvalue weighted by Crippen LogP contribution is -2.23. The molecule has 0 radical (unpaired) electrons. The number of aromatic nitrogens is 1. The number of nitrogens with zero attached hydrogens (tertiary/aromatic N) is 1. The molecule has 1 N–H and O–H groups in total. The van der Waals surface area contributed by atoms with Crippen LogP contribution in [-0.2, 0) is 6.54 Å². The average Bonchev–Trinajstić information content (AvgIpc) is 2.60. The molecule has 0 aliphatic carbocycles. The van der Waals surface area contributed by atoms with Crippen LogP contribution in [0.2, 0.25) is 0 Å². The summed E-state index contributed by atoms with van der Waals surface area (Å²) in [6.07, 6.45) is 0. The molecule has 4 nitrogen and oxygen atoms in total. The number of hydrogen-bond acceptors (Lipinski definition) is 3. The second-order valence-corrected chi connectivity index (χ2v) is 6.32. The molecule has 3 rings (SSSR count). The fraction of sp³-hybridized carbons (Fsp3) is 0.238. The van der Waals surface area contributed by atoms with E-state index in [-0.39, 0.29) is 5.91 Å². The van der Waals surface area contributed by atoms with Gasteiger partial charge in [0.25, 0.3) is 5.91 Å². The van der Waals surface area contributed by atoms with Crippen LogP contribution in [0.15, 0.2) is 42.5 Å².